The second-order valence-electron chi connectivity index (χ2n) is 5.35. The summed E-state index contributed by atoms with van der Waals surface area (Å²) in [6.45, 7) is 0. The van der Waals surface area contributed by atoms with Crippen molar-refractivity contribution < 1.29 is 18.3 Å². The average Bonchev–Trinajstić information content (AvgIpc) is 2.99. The third kappa shape index (κ3) is 3.89. The van der Waals surface area contributed by atoms with Gasteiger partial charge in [0, 0.05) is 6.08 Å². The number of H-pyrrole nitrogens is 1. The molecular weight excluding hydrogens is 360 g/mol. The molecule has 0 aliphatic heterocycles. The molecule has 3 rings (SSSR count). The molecule has 0 bridgehead atoms. The molecule has 0 spiro atoms. The third-order valence-electron chi connectivity index (χ3n) is 3.60. The first-order chi connectivity index (χ1) is 12.5. The summed E-state index contributed by atoms with van der Waals surface area (Å²) in [4.78, 5) is 24.3. The number of rotatable bonds is 6. The lowest BCUT2D eigenvalue weighted by Gasteiger charge is -2.03. The van der Waals surface area contributed by atoms with Crippen LogP contribution in [0.15, 0.2) is 56.7 Å². The molecule has 0 radical (unpaired) electrons. The Morgan fingerprint density at radius 2 is 2.04 bits per heavy atom. The molecule has 1 aromatic heterocycles. The quantitative estimate of drug-likeness (QED) is 0.524. The molecule has 134 valence electrons. The predicted octanol–water partition coefficient (Wildman–Crippen LogP) is 2.65. The lowest BCUT2D eigenvalue weighted by molar-refractivity contribution is -0.409. The molecule has 0 aliphatic carbocycles. The third-order valence-corrected chi connectivity index (χ3v) is 4.93. The lowest BCUT2D eigenvalue weighted by Crippen LogP contribution is -2.08. The van der Waals surface area contributed by atoms with Crippen molar-refractivity contribution in [3.8, 4) is 5.75 Å². The van der Waals surface area contributed by atoms with Crippen LogP contribution in [0.2, 0.25) is 0 Å². The fraction of sp³-hybridized carbons (Fsp3) is 0.118. The number of ether oxygens (including phenoxy) is 1. The number of nitro groups is 1. The second kappa shape index (κ2) is 7.36. The summed E-state index contributed by atoms with van der Waals surface area (Å²) < 4.78 is 22.4. The van der Waals surface area contributed by atoms with Crippen molar-refractivity contribution in [1.82, 2.24) is 4.98 Å². The second-order valence-corrected chi connectivity index (χ2v) is 6.75. The highest BCUT2D eigenvalue weighted by Crippen LogP contribution is 2.19. The normalized spacial score (nSPS) is 12.9. The van der Waals surface area contributed by atoms with Crippen molar-refractivity contribution in [2.75, 3.05) is 7.11 Å². The highest BCUT2D eigenvalue weighted by molar-refractivity contribution is 7.88. The fourth-order valence-electron chi connectivity index (χ4n) is 2.35. The van der Waals surface area contributed by atoms with E-state index < -0.39 is 26.5 Å². The lowest BCUT2D eigenvalue weighted by atomic mass is 10.2. The van der Waals surface area contributed by atoms with E-state index in [0.29, 0.717) is 28.0 Å². The maximum atomic E-state index is 12.5. The number of nitrogens with zero attached hydrogens (tertiary/aromatic N) is 1. The number of hydrogen-bond donors (Lipinski definition) is 1. The summed E-state index contributed by atoms with van der Waals surface area (Å²) in [7, 11) is -0.318. The molecule has 0 fully saturated rings. The first-order valence-electron chi connectivity index (χ1n) is 7.46. The Kier molecular flexibility index (Phi) is 4.99. The summed E-state index contributed by atoms with van der Waals surface area (Å²) >= 11 is 0. The Hall–Kier alpha value is -3.20. The number of methoxy groups -OCH3 is 1. The summed E-state index contributed by atoms with van der Waals surface area (Å²) in [5, 5.41) is 10.9. The van der Waals surface area contributed by atoms with E-state index >= 15 is 0 Å². The topological polar surface area (TPSA) is 115 Å². The minimum Gasteiger partial charge on any atom is -0.497 e. The van der Waals surface area contributed by atoms with Gasteiger partial charge >= 0.3 is 10.8 Å². The number of aromatic nitrogens is 1. The van der Waals surface area contributed by atoms with Crippen molar-refractivity contribution in [3.05, 3.63) is 79.3 Å². The van der Waals surface area contributed by atoms with Gasteiger partial charge in [-0.15, -0.1) is 0 Å². The van der Waals surface area contributed by atoms with Gasteiger partial charge in [-0.05, 0) is 35.4 Å². The Morgan fingerprint density at radius 3 is 2.69 bits per heavy atom. The SMILES string of the molecule is COc1ccc(CS(=O)C(=Cc2ccc3oc(=O)[nH]c3c2)[N+](=O)[O-])cc1. The number of aromatic amines is 1. The largest absolute Gasteiger partial charge is 0.497 e. The zero-order valence-corrected chi connectivity index (χ0v) is 14.4. The number of fused-ring (bicyclic) bond motifs is 1. The van der Waals surface area contributed by atoms with E-state index in [1.54, 1.807) is 30.3 Å². The molecule has 8 nitrogen and oxygen atoms in total. The monoisotopic (exact) mass is 374 g/mol. The zero-order chi connectivity index (χ0) is 18.7. The first-order valence-corrected chi connectivity index (χ1v) is 8.78. The molecule has 1 atom stereocenters. The van der Waals surface area contributed by atoms with E-state index in [1.807, 2.05) is 0 Å². The van der Waals surface area contributed by atoms with Crippen LogP contribution < -0.4 is 10.5 Å². The highest BCUT2D eigenvalue weighted by atomic mass is 32.2. The van der Waals surface area contributed by atoms with Crippen LogP contribution in [0.1, 0.15) is 11.1 Å². The molecule has 1 unspecified atom stereocenters. The summed E-state index contributed by atoms with van der Waals surface area (Å²) in [6.07, 6.45) is 1.23. The van der Waals surface area contributed by atoms with E-state index in [4.69, 9.17) is 9.15 Å². The van der Waals surface area contributed by atoms with Crippen LogP contribution in [0, 0.1) is 10.1 Å². The van der Waals surface area contributed by atoms with E-state index in [0.717, 1.165) is 0 Å². The number of nitrogens with one attached hydrogen (secondary N) is 1. The van der Waals surface area contributed by atoms with Crippen LogP contribution >= 0.6 is 0 Å². The number of hydrogen-bond acceptors (Lipinski definition) is 6. The van der Waals surface area contributed by atoms with Gasteiger partial charge in [-0.25, -0.2) is 9.00 Å². The summed E-state index contributed by atoms with van der Waals surface area (Å²) in [6, 6.07) is 11.4. The minimum absolute atomic E-state index is 0.00158. The number of oxazole rings is 1. The van der Waals surface area contributed by atoms with E-state index in [2.05, 4.69) is 4.98 Å². The Bertz CT molecular complexity index is 1060. The van der Waals surface area contributed by atoms with Crippen LogP contribution in [0.5, 0.6) is 5.75 Å². The molecule has 0 saturated heterocycles. The highest BCUT2D eigenvalue weighted by Gasteiger charge is 2.20. The molecule has 0 amide bonds. The van der Waals surface area contributed by atoms with Crippen molar-refractivity contribution in [2.45, 2.75) is 5.75 Å². The van der Waals surface area contributed by atoms with Crippen molar-refractivity contribution in [2.24, 2.45) is 0 Å². The van der Waals surface area contributed by atoms with E-state index in [-0.39, 0.29) is 5.75 Å². The Balaban J connectivity index is 1.88. The Morgan fingerprint density at radius 1 is 1.31 bits per heavy atom. The minimum atomic E-state index is -1.85. The van der Waals surface area contributed by atoms with Crippen LogP contribution in [-0.4, -0.2) is 21.2 Å². The molecule has 3 aromatic rings. The molecule has 1 heterocycles. The van der Waals surface area contributed by atoms with Gasteiger partial charge < -0.3 is 9.15 Å². The van der Waals surface area contributed by atoms with Gasteiger partial charge in [-0.1, -0.05) is 18.2 Å². The van der Waals surface area contributed by atoms with E-state index in [1.165, 1.54) is 25.3 Å². The molecule has 26 heavy (non-hydrogen) atoms. The van der Waals surface area contributed by atoms with E-state index in [9.17, 15) is 19.1 Å². The molecule has 2 aromatic carbocycles. The van der Waals surface area contributed by atoms with Gasteiger partial charge in [0.05, 0.1) is 23.3 Å². The molecule has 1 N–H and O–H groups in total. The molecular formula is C17H14N2O6S. The van der Waals surface area contributed by atoms with Gasteiger partial charge in [0.15, 0.2) is 5.58 Å². The van der Waals surface area contributed by atoms with Gasteiger partial charge in [-0.3, -0.25) is 15.1 Å². The van der Waals surface area contributed by atoms with Crippen LogP contribution in [0.25, 0.3) is 17.2 Å². The van der Waals surface area contributed by atoms with Gasteiger partial charge in [-0.2, -0.15) is 0 Å². The summed E-state index contributed by atoms with van der Waals surface area (Å²) in [5.74, 6) is 0.0346. The zero-order valence-electron chi connectivity index (χ0n) is 13.6. The van der Waals surface area contributed by atoms with Crippen molar-refractivity contribution in [1.29, 1.82) is 0 Å². The van der Waals surface area contributed by atoms with Gasteiger partial charge in [0.25, 0.3) is 0 Å². The Labute approximate surface area is 149 Å². The smallest absolute Gasteiger partial charge is 0.417 e. The fourth-order valence-corrected chi connectivity index (χ4v) is 3.43. The molecule has 0 saturated carbocycles. The van der Waals surface area contributed by atoms with Crippen molar-refractivity contribution in [3.63, 3.8) is 0 Å². The average molecular weight is 374 g/mol. The predicted molar refractivity (Wildman–Crippen MR) is 96.6 cm³/mol. The molecule has 9 heteroatoms. The first kappa shape index (κ1) is 17.6. The molecule has 0 aliphatic rings. The van der Waals surface area contributed by atoms with Crippen LogP contribution in [0.4, 0.5) is 0 Å². The van der Waals surface area contributed by atoms with Gasteiger partial charge in [0.1, 0.15) is 16.5 Å². The standard InChI is InChI=1S/C17H14N2O6S/c1-24-13-5-2-11(3-6-13)10-26(23)16(19(21)22)9-12-4-7-15-14(8-12)18-17(20)25-15/h2-9H,10H2,1H3,(H,18,20). The van der Waals surface area contributed by atoms with Gasteiger partial charge in [0.2, 0.25) is 0 Å². The summed E-state index contributed by atoms with van der Waals surface area (Å²) in [5.41, 5.74) is 1.87. The van der Waals surface area contributed by atoms with Crippen molar-refractivity contribution >= 4 is 28.0 Å². The maximum Gasteiger partial charge on any atom is 0.417 e. The maximum absolute atomic E-state index is 12.5. The number of benzene rings is 2. The van der Waals surface area contributed by atoms with Crippen LogP contribution in [0.3, 0.4) is 0 Å². The van der Waals surface area contributed by atoms with Crippen LogP contribution in [-0.2, 0) is 16.6 Å².